The molecular formula is C19H25Cl3N4OS. The average Bonchev–Trinajstić information content (AvgIpc) is 2.93. The molecule has 2 aliphatic heterocycles. The molecule has 1 aromatic heterocycles. The van der Waals surface area contributed by atoms with Crippen LogP contribution in [0.5, 0.6) is 0 Å². The lowest BCUT2D eigenvalue weighted by Gasteiger charge is -2.35. The Kier molecular flexibility index (Phi) is 8.43. The second-order valence-electron chi connectivity index (χ2n) is 6.70. The number of hydrogen-bond acceptors (Lipinski definition) is 6. The fourth-order valence-corrected chi connectivity index (χ4v) is 4.57. The SMILES string of the molecule is COCCC1CN(C2=Nc3cc(Cl)ccc3Nc3sc(C)cc32)CCN1.Cl.Cl. The van der Waals surface area contributed by atoms with Crippen LogP contribution >= 0.6 is 47.8 Å². The second kappa shape index (κ2) is 10.1. The molecule has 5 nitrogen and oxygen atoms in total. The van der Waals surface area contributed by atoms with Gasteiger partial charge >= 0.3 is 0 Å². The van der Waals surface area contributed by atoms with E-state index in [1.807, 2.05) is 18.2 Å². The number of thiophene rings is 1. The third-order valence-electron chi connectivity index (χ3n) is 4.76. The molecule has 1 fully saturated rings. The highest BCUT2D eigenvalue weighted by Gasteiger charge is 2.27. The zero-order valence-electron chi connectivity index (χ0n) is 15.8. The third-order valence-corrected chi connectivity index (χ3v) is 5.96. The van der Waals surface area contributed by atoms with Gasteiger partial charge in [0.05, 0.1) is 16.9 Å². The summed E-state index contributed by atoms with van der Waals surface area (Å²) in [6.45, 7) is 5.71. The number of hydrogen-bond donors (Lipinski definition) is 2. The molecule has 28 heavy (non-hydrogen) atoms. The van der Waals surface area contributed by atoms with E-state index in [0.29, 0.717) is 11.1 Å². The molecule has 0 radical (unpaired) electrons. The van der Waals surface area contributed by atoms with Crippen LogP contribution in [0, 0.1) is 6.92 Å². The molecule has 1 atom stereocenters. The van der Waals surface area contributed by atoms with Crippen molar-refractivity contribution in [2.24, 2.45) is 4.99 Å². The number of rotatable bonds is 3. The first-order valence-electron chi connectivity index (χ1n) is 8.87. The molecule has 0 saturated carbocycles. The quantitative estimate of drug-likeness (QED) is 0.672. The largest absolute Gasteiger partial charge is 0.385 e. The molecule has 154 valence electrons. The Morgan fingerprint density at radius 3 is 2.93 bits per heavy atom. The lowest BCUT2D eigenvalue weighted by atomic mass is 10.1. The van der Waals surface area contributed by atoms with Crippen molar-refractivity contribution in [3.05, 3.63) is 39.7 Å². The van der Waals surface area contributed by atoms with Crippen LogP contribution in [0.2, 0.25) is 5.02 Å². The number of amidine groups is 1. The van der Waals surface area contributed by atoms with Crippen LogP contribution in [-0.4, -0.2) is 50.1 Å². The fourth-order valence-electron chi connectivity index (χ4n) is 3.49. The van der Waals surface area contributed by atoms with Gasteiger partial charge in [-0.2, -0.15) is 0 Å². The number of aliphatic imine (C=N–C) groups is 1. The Morgan fingerprint density at radius 1 is 1.32 bits per heavy atom. The highest BCUT2D eigenvalue weighted by Crippen LogP contribution is 2.40. The average molecular weight is 464 g/mol. The number of fused-ring (bicyclic) bond motifs is 2. The predicted molar refractivity (Wildman–Crippen MR) is 124 cm³/mol. The number of nitrogens with one attached hydrogen (secondary N) is 2. The van der Waals surface area contributed by atoms with Gasteiger partial charge in [-0.25, -0.2) is 4.99 Å². The number of benzene rings is 1. The topological polar surface area (TPSA) is 48.9 Å². The molecule has 4 rings (SSSR count). The van der Waals surface area contributed by atoms with E-state index in [0.717, 1.165) is 54.9 Å². The summed E-state index contributed by atoms with van der Waals surface area (Å²) in [4.78, 5) is 8.70. The summed E-state index contributed by atoms with van der Waals surface area (Å²) in [6, 6.07) is 8.47. The van der Waals surface area contributed by atoms with Crippen molar-refractivity contribution in [1.82, 2.24) is 10.2 Å². The maximum absolute atomic E-state index is 6.22. The van der Waals surface area contributed by atoms with Gasteiger partial charge in [0.1, 0.15) is 10.8 Å². The van der Waals surface area contributed by atoms with Crippen molar-refractivity contribution in [3.8, 4) is 0 Å². The number of aryl methyl sites for hydroxylation is 1. The van der Waals surface area contributed by atoms with E-state index in [1.54, 1.807) is 18.4 Å². The number of piperazine rings is 1. The van der Waals surface area contributed by atoms with Crippen LogP contribution in [0.1, 0.15) is 16.9 Å². The first-order valence-corrected chi connectivity index (χ1v) is 10.1. The van der Waals surface area contributed by atoms with Gasteiger partial charge in [-0.15, -0.1) is 36.2 Å². The number of halogens is 3. The number of methoxy groups -OCH3 is 1. The van der Waals surface area contributed by atoms with E-state index in [4.69, 9.17) is 21.3 Å². The van der Waals surface area contributed by atoms with Crippen molar-refractivity contribution in [3.63, 3.8) is 0 Å². The van der Waals surface area contributed by atoms with Gasteiger partial charge < -0.3 is 20.3 Å². The van der Waals surface area contributed by atoms with Gasteiger partial charge in [-0.05, 0) is 37.6 Å². The molecule has 1 saturated heterocycles. The minimum absolute atomic E-state index is 0. The fraction of sp³-hybridized carbons (Fsp3) is 0.421. The molecule has 2 N–H and O–H groups in total. The summed E-state index contributed by atoms with van der Waals surface area (Å²) in [7, 11) is 1.75. The van der Waals surface area contributed by atoms with Gasteiger partial charge in [-0.1, -0.05) is 11.6 Å². The van der Waals surface area contributed by atoms with Crippen molar-refractivity contribution in [2.75, 3.05) is 38.7 Å². The Morgan fingerprint density at radius 2 is 2.14 bits per heavy atom. The zero-order valence-corrected chi connectivity index (χ0v) is 19.0. The van der Waals surface area contributed by atoms with Gasteiger partial charge in [-0.3, -0.25) is 0 Å². The molecule has 2 aromatic rings. The predicted octanol–water partition coefficient (Wildman–Crippen LogP) is 5.00. The smallest absolute Gasteiger partial charge is 0.139 e. The summed E-state index contributed by atoms with van der Waals surface area (Å²) in [6.07, 6.45) is 0.996. The van der Waals surface area contributed by atoms with E-state index in [9.17, 15) is 0 Å². The number of anilines is 2. The van der Waals surface area contributed by atoms with Gasteiger partial charge in [0.2, 0.25) is 0 Å². The third kappa shape index (κ3) is 4.93. The molecule has 0 aliphatic carbocycles. The summed E-state index contributed by atoms with van der Waals surface area (Å²) in [5, 5.41) is 8.98. The minimum atomic E-state index is 0. The van der Waals surface area contributed by atoms with Crippen LogP contribution in [0.3, 0.4) is 0 Å². The van der Waals surface area contributed by atoms with Gasteiger partial charge in [0, 0.05) is 49.3 Å². The van der Waals surface area contributed by atoms with Crippen molar-refractivity contribution in [1.29, 1.82) is 0 Å². The molecular weight excluding hydrogens is 439 g/mol. The lowest BCUT2D eigenvalue weighted by Crippen LogP contribution is -2.53. The Balaban J connectivity index is 0.00000140. The van der Waals surface area contributed by atoms with Crippen LogP contribution < -0.4 is 10.6 Å². The molecule has 0 spiro atoms. The van der Waals surface area contributed by atoms with E-state index in [-0.39, 0.29) is 24.8 Å². The summed E-state index contributed by atoms with van der Waals surface area (Å²) >= 11 is 7.99. The Labute approximate surface area is 187 Å². The summed E-state index contributed by atoms with van der Waals surface area (Å²) in [5.41, 5.74) is 3.06. The second-order valence-corrected chi connectivity index (χ2v) is 8.39. The van der Waals surface area contributed by atoms with Crippen molar-refractivity contribution in [2.45, 2.75) is 19.4 Å². The molecule has 2 aliphatic rings. The van der Waals surface area contributed by atoms with Crippen LogP contribution in [0.15, 0.2) is 29.3 Å². The molecule has 1 unspecified atom stereocenters. The van der Waals surface area contributed by atoms with Crippen LogP contribution in [0.4, 0.5) is 16.4 Å². The van der Waals surface area contributed by atoms with E-state index in [1.165, 1.54) is 10.4 Å². The molecule has 0 bridgehead atoms. The highest BCUT2D eigenvalue weighted by atomic mass is 35.5. The highest BCUT2D eigenvalue weighted by molar-refractivity contribution is 7.16. The maximum atomic E-state index is 6.22. The lowest BCUT2D eigenvalue weighted by molar-refractivity contribution is 0.168. The summed E-state index contributed by atoms with van der Waals surface area (Å²) < 4.78 is 5.25. The molecule has 9 heteroatoms. The van der Waals surface area contributed by atoms with E-state index >= 15 is 0 Å². The van der Waals surface area contributed by atoms with Crippen LogP contribution in [-0.2, 0) is 4.74 Å². The van der Waals surface area contributed by atoms with Crippen molar-refractivity contribution >= 4 is 70.0 Å². The molecule has 3 heterocycles. The van der Waals surface area contributed by atoms with Crippen molar-refractivity contribution < 1.29 is 4.74 Å². The standard InChI is InChI=1S/C19H23ClN4OS.2ClH/c1-12-9-15-18(24-7-6-21-14(11-24)5-8-25-2)22-17-10-13(20)3-4-16(17)23-19(15)26-12;;/h3-4,9-10,14,21,23H,5-8,11H2,1-2H3;2*1H. The minimum Gasteiger partial charge on any atom is -0.385 e. The monoisotopic (exact) mass is 462 g/mol. The first kappa shape index (κ1) is 23.3. The van der Waals surface area contributed by atoms with Gasteiger partial charge in [0.25, 0.3) is 0 Å². The summed E-state index contributed by atoms with van der Waals surface area (Å²) in [5.74, 6) is 1.03. The zero-order chi connectivity index (χ0) is 18.1. The first-order chi connectivity index (χ1) is 12.6. The van der Waals surface area contributed by atoms with Gasteiger partial charge in [0.15, 0.2) is 0 Å². The molecule has 1 aromatic carbocycles. The van der Waals surface area contributed by atoms with E-state index < -0.39 is 0 Å². The maximum Gasteiger partial charge on any atom is 0.139 e. The Bertz CT molecular complexity index is 843. The normalized spacial score (nSPS) is 17.9. The van der Waals surface area contributed by atoms with Crippen LogP contribution in [0.25, 0.3) is 0 Å². The number of ether oxygens (including phenoxy) is 1. The Hall–Kier alpha value is -1.02. The molecule has 0 amide bonds. The number of nitrogens with zero attached hydrogens (tertiary/aromatic N) is 2. The van der Waals surface area contributed by atoms with E-state index in [2.05, 4.69) is 28.5 Å².